The SMILES string of the molecule is [Pt+2].[Pt+2].[Pt+2].[c-]1c(-c2cccc(-c3nccs3)n2)cccc1-n1c2[c-]c(-c3nc4ccccc4s3)ccc2c2ccccc21.[c-]1c(-c2ccccn2)ccc(-c2nccs2)c1-n1c2[c-]c(-c3nc4ccccc4s3)ccc2c2cc(-c3nccs3)ccc21.[c-]1c(-c2ccccn2)cccc1-n1c2[c-]c(-c3nc4ccccc4s3)c(-c3nccs3)cc2c2cc(-c3nccs3)ccc21. The second-order valence-corrected chi connectivity index (χ2v) is 37.2. The smallest absolute Gasteiger partial charge is 0.346 e. The van der Waals surface area contributed by atoms with Crippen LogP contribution in [0.25, 0.3) is 232 Å². The van der Waals surface area contributed by atoms with Crippen LogP contribution in [0.2, 0.25) is 0 Å². The first-order chi connectivity index (χ1) is 62.9. The average molecular weight is 2360 g/mol. The molecule has 0 aliphatic heterocycles. The number of benzene rings is 12. The summed E-state index contributed by atoms with van der Waals surface area (Å²) in [7, 11) is 0. The van der Waals surface area contributed by atoms with Crippen molar-refractivity contribution in [3.63, 3.8) is 0 Å². The zero-order chi connectivity index (χ0) is 83.8. The second kappa shape index (κ2) is 36.4. The largest absolute Gasteiger partial charge is 2.00 e. The van der Waals surface area contributed by atoms with Gasteiger partial charge in [-0.25, -0.2) is 15.0 Å². The van der Waals surface area contributed by atoms with Gasteiger partial charge in [-0.1, -0.05) is 125 Å². The molecule has 0 fully saturated rings. The number of hydrogen-bond donors (Lipinski definition) is 0. The van der Waals surface area contributed by atoms with Crippen LogP contribution in [0.5, 0.6) is 0 Å². The van der Waals surface area contributed by atoms with E-state index in [2.05, 4.69) is 269 Å². The molecule has 0 saturated carbocycles. The molecule has 26 rings (SSSR count). The average Bonchev–Trinajstić information content (AvgIpc) is 1.61. The first-order valence-electron chi connectivity index (χ1n) is 40.4. The predicted molar refractivity (Wildman–Crippen MR) is 526 cm³/mol. The van der Waals surface area contributed by atoms with Crippen LogP contribution < -0.4 is 0 Å². The summed E-state index contributed by atoms with van der Waals surface area (Å²) in [6, 6.07) is 114. The molecule has 14 aromatic heterocycles. The molecule has 12 aromatic carbocycles. The van der Waals surface area contributed by atoms with Crippen molar-refractivity contribution in [2.75, 3.05) is 0 Å². The van der Waals surface area contributed by atoms with Crippen molar-refractivity contribution in [1.82, 2.24) is 68.5 Å². The normalized spacial score (nSPS) is 11.4. The Hall–Kier alpha value is -12.6. The van der Waals surface area contributed by atoms with Crippen LogP contribution >= 0.6 is 90.7 Å². The summed E-state index contributed by atoms with van der Waals surface area (Å²) in [6.45, 7) is 0. The van der Waals surface area contributed by atoms with E-state index >= 15 is 0 Å². The van der Waals surface area contributed by atoms with Crippen LogP contribution in [0.15, 0.2) is 337 Å². The standard InChI is InChI=1S/2C36H19N5S3.C33H18N4S2.3Pt/c1-2-10-33-30(9-1)40-36(44-33)28-21-32-26(20-27(28)35-39-15-17-43-35)25-19-23(34-38-14-16-42-34)11-12-31(25)41(32)24-7-5-6-22(18-24)29-8-3-4-13-37-29;1-2-7-33-29(6-1)40-35(44-33)24-9-11-25-27-19-23(34-38-15-17-42-34)10-13-30(27)41(31(25)21-24)32-20-22(28-5-3-4-14-37-28)8-12-26(32)36-39-16-18-43-36;1-3-13-29-24(9-1)25-16-15-22(32-36-27-10-2-4-14-31(27)39-32)20-30(25)37(29)23-8-5-7-21(19-23)26-11-6-12-28(35-26)33-34-17-18-38-33;;;/h1-17,19-20H;1-19H;1-18H;;;/q3*-2;3*+2. The van der Waals surface area contributed by atoms with Crippen molar-refractivity contribution >= 4 is 187 Å². The molecule has 0 N–H and O–H groups in total. The molecular weight excluding hydrogens is 2300 g/mol. The molecule has 130 heavy (non-hydrogen) atoms. The Morgan fingerprint density at radius 2 is 0.669 bits per heavy atom. The fourth-order valence-corrected chi connectivity index (χ4v) is 22.4. The van der Waals surface area contributed by atoms with E-state index in [4.69, 9.17) is 29.9 Å². The topological polar surface area (TPSA) is 157 Å². The van der Waals surface area contributed by atoms with Crippen molar-refractivity contribution in [2.24, 2.45) is 0 Å². The number of nitrogens with zero attached hydrogens (tertiary/aromatic N) is 14. The summed E-state index contributed by atoms with van der Waals surface area (Å²) < 4.78 is 10.3. The number of thiazole rings is 8. The van der Waals surface area contributed by atoms with Crippen LogP contribution in [0, 0.1) is 36.4 Å². The van der Waals surface area contributed by atoms with Crippen LogP contribution in [0.3, 0.4) is 0 Å². The molecule has 0 aliphatic carbocycles. The van der Waals surface area contributed by atoms with E-state index in [0.29, 0.717) is 0 Å². The van der Waals surface area contributed by atoms with E-state index in [1.807, 2.05) is 143 Å². The summed E-state index contributed by atoms with van der Waals surface area (Å²) in [4.78, 5) is 52.0. The van der Waals surface area contributed by atoms with Gasteiger partial charge in [0.25, 0.3) is 0 Å². The quantitative estimate of drug-likeness (QED) is 0.0955. The summed E-state index contributed by atoms with van der Waals surface area (Å²) in [6.07, 6.45) is 12.8. The van der Waals surface area contributed by atoms with Gasteiger partial charge in [0.15, 0.2) is 0 Å². The van der Waals surface area contributed by atoms with Gasteiger partial charge in [0.1, 0.15) is 15.0 Å². The molecule has 0 atom stereocenters. The zero-order valence-electron chi connectivity index (χ0n) is 67.3. The number of pyridine rings is 3. The summed E-state index contributed by atoms with van der Waals surface area (Å²) in [5, 5.41) is 24.4. The third-order valence-corrected chi connectivity index (χ3v) is 29.3. The van der Waals surface area contributed by atoms with Gasteiger partial charge in [-0.05, 0) is 157 Å². The Morgan fingerprint density at radius 1 is 0.238 bits per heavy atom. The number of fused-ring (bicyclic) bond motifs is 12. The number of hydrogen-bond acceptors (Lipinski definition) is 19. The van der Waals surface area contributed by atoms with Crippen molar-refractivity contribution < 1.29 is 63.2 Å². The van der Waals surface area contributed by atoms with E-state index in [1.54, 1.807) is 90.7 Å². The van der Waals surface area contributed by atoms with E-state index in [9.17, 15) is 0 Å². The maximum absolute atomic E-state index is 5.05. The van der Waals surface area contributed by atoms with Crippen molar-refractivity contribution in [3.05, 3.63) is 374 Å². The third-order valence-electron chi connectivity index (χ3n) is 22.1. The molecule has 0 amide bonds. The summed E-state index contributed by atoms with van der Waals surface area (Å²) in [5.74, 6) is 0. The number of para-hydroxylation sites is 4. The van der Waals surface area contributed by atoms with Gasteiger partial charge in [-0.3, -0.25) is 29.9 Å². The maximum atomic E-state index is 5.05. The van der Waals surface area contributed by atoms with E-state index in [1.165, 1.54) is 10.1 Å². The third kappa shape index (κ3) is 15.8. The molecule has 14 nitrogen and oxygen atoms in total. The number of aromatic nitrogens is 14. The Balaban J connectivity index is 0.000000117. The van der Waals surface area contributed by atoms with Gasteiger partial charge in [0.2, 0.25) is 0 Å². The van der Waals surface area contributed by atoms with Gasteiger partial charge in [0.05, 0.1) is 32.3 Å². The van der Waals surface area contributed by atoms with Gasteiger partial charge in [-0.2, -0.15) is 34.0 Å². The van der Waals surface area contributed by atoms with Crippen LogP contribution in [-0.4, -0.2) is 68.5 Å². The Kier molecular flexibility index (Phi) is 23.6. The molecule has 26 aromatic rings. The summed E-state index contributed by atoms with van der Waals surface area (Å²) in [5.41, 5.74) is 25.3. The van der Waals surface area contributed by atoms with Crippen LogP contribution in [0.1, 0.15) is 0 Å². The predicted octanol–water partition coefficient (Wildman–Crippen LogP) is 28.8. The molecule has 14 heterocycles. The van der Waals surface area contributed by atoms with Gasteiger partial charge in [-0.15, -0.1) is 205 Å². The van der Waals surface area contributed by atoms with Gasteiger partial charge in [0, 0.05) is 127 Å². The molecule has 624 valence electrons. The van der Waals surface area contributed by atoms with Gasteiger partial charge >= 0.3 is 63.2 Å². The molecule has 0 bridgehead atoms. The molecular formula is C105H56N14Pt3S8. The molecule has 25 heteroatoms. The first-order valence-corrected chi connectivity index (χ1v) is 47.3. The Morgan fingerprint density at radius 3 is 1.22 bits per heavy atom. The molecule has 0 unspecified atom stereocenters. The van der Waals surface area contributed by atoms with E-state index in [-0.39, 0.29) is 63.2 Å². The second-order valence-electron chi connectivity index (χ2n) is 29.6. The minimum Gasteiger partial charge on any atom is -0.346 e. The zero-order valence-corrected chi connectivity index (χ0v) is 80.7. The Labute approximate surface area is 818 Å². The first kappa shape index (κ1) is 84.2. The number of rotatable bonds is 14. The van der Waals surface area contributed by atoms with Gasteiger partial charge < -0.3 is 23.7 Å². The summed E-state index contributed by atoms with van der Waals surface area (Å²) >= 11 is 13.2. The fourth-order valence-electron chi connectivity index (χ4n) is 16.4. The monoisotopic (exact) mass is 2350 g/mol. The molecule has 0 radical (unpaired) electrons. The maximum Gasteiger partial charge on any atom is 2.00 e. The molecule has 0 spiro atoms. The van der Waals surface area contributed by atoms with Crippen molar-refractivity contribution in [2.45, 2.75) is 0 Å². The fraction of sp³-hybridized carbons (Fsp3) is 0. The Bertz CT molecular complexity index is 8530. The van der Waals surface area contributed by atoms with Crippen molar-refractivity contribution in [1.29, 1.82) is 0 Å². The molecule has 0 aliphatic rings. The molecule has 0 saturated heterocycles. The van der Waals surface area contributed by atoms with Crippen LogP contribution in [0.4, 0.5) is 0 Å². The minimum absolute atomic E-state index is 0. The van der Waals surface area contributed by atoms with E-state index in [0.717, 1.165) is 222 Å². The van der Waals surface area contributed by atoms with Crippen LogP contribution in [-0.2, 0) is 63.2 Å². The minimum atomic E-state index is 0. The van der Waals surface area contributed by atoms with E-state index < -0.39 is 0 Å². The van der Waals surface area contributed by atoms with Crippen molar-refractivity contribution in [3.8, 4) is 136 Å².